The number of hydrogen-bond donors (Lipinski definition) is 1. The number of piperidine rings is 2. The van der Waals surface area contributed by atoms with Crippen LogP contribution in [-0.4, -0.2) is 42.8 Å². The van der Waals surface area contributed by atoms with Crippen molar-refractivity contribution in [3.63, 3.8) is 0 Å². The average Bonchev–Trinajstić information content (AvgIpc) is 2.49. The molecule has 1 unspecified atom stereocenters. The first-order valence-electron chi connectivity index (χ1n) is 7.68. The smallest absolute Gasteiger partial charge is 0.225 e. The maximum Gasteiger partial charge on any atom is 0.225 e. The Morgan fingerprint density at radius 2 is 1.68 bits per heavy atom. The molecule has 0 aromatic carbocycles. The fourth-order valence-electron chi connectivity index (χ4n) is 2.84. The van der Waals surface area contributed by atoms with E-state index in [9.17, 15) is 9.59 Å². The van der Waals surface area contributed by atoms with Crippen LogP contribution in [0.15, 0.2) is 0 Å². The Balaban J connectivity index is 0.000000861. The van der Waals surface area contributed by atoms with Crippen LogP contribution in [0.25, 0.3) is 0 Å². The Labute approximate surface area is 116 Å². The van der Waals surface area contributed by atoms with E-state index in [1.807, 2.05) is 18.7 Å². The van der Waals surface area contributed by atoms with Crippen molar-refractivity contribution in [1.29, 1.82) is 0 Å². The molecule has 2 rings (SSSR count). The van der Waals surface area contributed by atoms with E-state index in [0.717, 1.165) is 45.3 Å². The fraction of sp³-hybridized carbons (Fsp3) is 0.867. The molecule has 0 aromatic heterocycles. The van der Waals surface area contributed by atoms with Gasteiger partial charge in [0.15, 0.2) is 0 Å². The Morgan fingerprint density at radius 3 is 2.26 bits per heavy atom. The molecule has 0 bridgehead atoms. The molecule has 1 N–H and O–H groups in total. The Hall–Kier alpha value is -0.900. The predicted molar refractivity (Wildman–Crippen MR) is 76.9 cm³/mol. The van der Waals surface area contributed by atoms with Crippen molar-refractivity contribution in [2.24, 2.45) is 11.8 Å². The van der Waals surface area contributed by atoms with Gasteiger partial charge >= 0.3 is 0 Å². The number of likely N-dealkylation sites (tertiary alicyclic amines) is 1. The summed E-state index contributed by atoms with van der Waals surface area (Å²) in [5.74, 6) is 0.765. The van der Waals surface area contributed by atoms with Gasteiger partial charge in [0.1, 0.15) is 5.78 Å². The van der Waals surface area contributed by atoms with Gasteiger partial charge in [0.25, 0.3) is 0 Å². The van der Waals surface area contributed by atoms with Crippen molar-refractivity contribution >= 4 is 11.7 Å². The van der Waals surface area contributed by atoms with E-state index < -0.39 is 0 Å². The van der Waals surface area contributed by atoms with E-state index in [0.29, 0.717) is 6.54 Å². The predicted octanol–water partition coefficient (Wildman–Crippen LogP) is 1.84. The number of nitrogens with zero attached hydrogens (tertiary/aromatic N) is 1. The van der Waals surface area contributed by atoms with Gasteiger partial charge in [0, 0.05) is 24.9 Å². The van der Waals surface area contributed by atoms with Gasteiger partial charge in [-0.3, -0.25) is 9.59 Å². The quantitative estimate of drug-likeness (QED) is 0.831. The van der Waals surface area contributed by atoms with Crippen LogP contribution in [0.5, 0.6) is 0 Å². The molecule has 2 aliphatic heterocycles. The Bertz CT molecular complexity index is 299. The molecule has 0 spiro atoms. The summed E-state index contributed by atoms with van der Waals surface area (Å²) in [5, 5.41) is 3.27. The minimum Gasteiger partial charge on any atom is -0.342 e. The molecule has 0 aromatic rings. The highest BCUT2D eigenvalue weighted by Crippen LogP contribution is 2.22. The second kappa shape index (κ2) is 8.31. The van der Waals surface area contributed by atoms with Crippen molar-refractivity contribution in [3.8, 4) is 0 Å². The van der Waals surface area contributed by atoms with Crippen LogP contribution in [0.2, 0.25) is 0 Å². The summed E-state index contributed by atoms with van der Waals surface area (Å²) in [6, 6.07) is 0. The van der Waals surface area contributed by atoms with Crippen LogP contribution in [0.1, 0.15) is 46.5 Å². The summed E-state index contributed by atoms with van der Waals surface area (Å²) >= 11 is 0. The van der Waals surface area contributed by atoms with Gasteiger partial charge in [-0.25, -0.2) is 0 Å². The van der Waals surface area contributed by atoms with E-state index in [2.05, 4.69) is 5.32 Å². The van der Waals surface area contributed by atoms with Crippen LogP contribution in [0.3, 0.4) is 0 Å². The first kappa shape index (κ1) is 16.2. The molecule has 0 saturated carbocycles. The standard InChI is InChI=1S/C13H22N2O2.C2H6/c1-10(16)12-3-2-8-15(9-12)13(17)11-4-6-14-7-5-11;1-2/h11-12,14H,2-9H2,1H3;1-2H3. The number of rotatable bonds is 2. The highest BCUT2D eigenvalue weighted by Gasteiger charge is 2.30. The third-order valence-corrected chi connectivity index (χ3v) is 4.00. The lowest BCUT2D eigenvalue weighted by Crippen LogP contribution is -2.46. The number of amides is 1. The van der Waals surface area contributed by atoms with Gasteiger partial charge in [-0.1, -0.05) is 13.8 Å². The van der Waals surface area contributed by atoms with Crippen LogP contribution in [0.4, 0.5) is 0 Å². The summed E-state index contributed by atoms with van der Waals surface area (Å²) in [4.78, 5) is 25.6. The maximum absolute atomic E-state index is 12.3. The van der Waals surface area contributed by atoms with E-state index in [1.54, 1.807) is 6.92 Å². The lowest BCUT2D eigenvalue weighted by molar-refractivity contribution is -0.139. The summed E-state index contributed by atoms with van der Waals surface area (Å²) in [6.45, 7) is 9.02. The Morgan fingerprint density at radius 1 is 1.05 bits per heavy atom. The highest BCUT2D eigenvalue weighted by molar-refractivity contribution is 5.82. The number of nitrogens with one attached hydrogen (secondary N) is 1. The SMILES string of the molecule is CC.CC(=O)C1CCCN(C(=O)C2CCNCC2)C1. The topological polar surface area (TPSA) is 49.4 Å². The van der Waals surface area contributed by atoms with Gasteiger partial charge in [-0.2, -0.15) is 0 Å². The second-order valence-electron chi connectivity index (χ2n) is 5.26. The molecular formula is C15H28N2O2. The molecule has 2 heterocycles. The van der Waals surface area contributed by atoms with Gasteiger partial charge in [-0.15, -0.1) is 0 Å². The molecule has 0 radical (unpaired) electrons. The number of carbonyl (C=O) groups is 2. The molecule has 4 nitrogen and oxygen atoms in total. The third kappa shape index (κ3) is 4.60. The van der Waals surface area contributed by atoms with Gasteiger partial charge in [0.2, 0.25) is 5.91 Å². The van der Waals surface area contributed by atoms with Crippen LogP contribution >= 0.6 is 0 Å². The summed E-state index contributed by atoms with van der Waals surface area (Å²) in [5.41, 5.74) is 0. The number of Topliss-reactive ketones (excluding diaryl/α,β-unsaturated/α-hetero) is 1. The fourth-order valence-corrected chi connectivity index (χ4v) is 2.84. The molecule has 2 fully saturated rings. The van der Waals surface area contributed by atoms with Crippen molar-refractivity contribution in [2.75, 3.05) is 26.2 Å². The van der Waals surface area contributed by atoms with Crippen molar-refractivity contribution in [1.82, 2.24) is 10.2 Å². The van der Waals surface area contributed by atoms with Crippen molar-refractivity contribution < 1.29 is 9.59 Å². The summed E-state index contributed by atoms with van der Waals surface area (Å²) < 4.78 is 0. The maximum atomic E-state index is 12.3. The van der Waals surface area contributed by atoms with E-state index in [4.69, 9.17) is 0 Å². The van der Waals surface area contributed by atoms with Crippen molar-refractivity contribution in [2.45, 2.75) is 46.5 Å². The molecule has 2 saturated heterocycles. The molecule has 1 atom stereocenters. The highest BCUT2D eigenvalue weighted by atomic mass is 16.2. The zero-order chi connectivity index (χ0) is 14.3. The largest absolute Gasteiger partial charge is 0.342 e. The third-order valence-electron chi connectivity index (χ3n) is 4.00. The molecule has 1 amide bonds. The number of ketones is 1. The first-order valence-corrected chi connectivity index (χ1v) is 7.68. The number of carbonyl (C=O) groups excluding carboxylic acids is 2. The average molecular weight is 268 g/mol. The van der Waals surface area contributed by atoms with Crippen molar-refractivity contribution in [3.05, 3.63) is 0 Å². The molecule has 110 valence electrons. The molecule has 4 heteroatoms. The van der Waals surface area contributed by atoms with Crippen LogP contribution in [-0.2, 0) is 9.59 Å². The lowest BCUT2D eigenvalue weighted by Gasteiger charge is -2.35. The van der Waals surface area contributed by atoms with Gasteiger partial charge in [0.05, 0.1) is 0 Å². The first-order chi connectivity index (χ1) is 9.18. The molecule has 2 aliphatic rings. The minimum atomic E-state index is 0.0782. The summed E-state index contributed by atoms with van der Waals surface area (Å²) in [7, 11) is 0. The second-order valence-corrected chi connectivity index (χ2v) is 5.26. The van der Waals surface area contributed by atoms with Crippen LogP contribution < -0.4 is 5.32 Å². The molecule has 19 heavy (non-hydrogen) atoms. The zero-order valence-corrected chi connectivity index (χ0v) is 12.6. The van der Waals surface area contributed by atoms with E-state index in [1.165, 1.54) is 0 Å². The molecule has 0 aliphatic carbocycles. The summed E-state index contributed by atoms with van der Waals surface area (Å²) in [6.07, 6.45) is 3.81. The van der Waals surface area contributed by atoms with E-state index in [-0.39, 0.29) is 23.5 Å². The normalized spacial score (nSPS) is 24.4. The number of hydrogen-bond acceptors (Lipinski definition) is 3. The van der Waals surface area contributed by atoms with E-state index >= 15 is 0 Å². The van der Waals surface area contributed by atoms with Gasteiger partial charge < -0.3 is 10.2 Å². The lowest BCUT2D eigenvalue weighted by atomic mass is 9.91. The molecular weight excluding hydrogens is 240 g/mol. The van der Waals surface area contributed by atoms with Crippen LogP contribution in [0, 0.1) is 11.8 Å². The zero-order valence-electron chi connectivity index (χ0n) is 12.6. The minimum absolute atomic E-state index is 0.0782. The van der Waals surface area contributed by atoms with Gasteiger partial charge in [-0.05, 0) is 45.7 Å². The Kier molecular flexibility index (Phi) is 7.06. The monoisotopic (exact) mass is 268 g/mol.